The van der Waals surface area contributed by atoms with Crippen molar-refractivity contribution in [3.05, 3.63) is 80.3 Å². The first-order valence-corrected chi connectivity index (χ1v) is 15.2. The second kappa shape index (κ2) is 13.6. The maximum absolute atomic E-state index is 12.4. The van der Waals surface area contributed by atoms with Crippen LogP contribution in [0.4, 0.5) is 0 Å². The van der Waals surface area contributed by atoms with Crippen LogP contribution in [0.1, 0.15) is 69.0 Å². The Labute approximate surface area is 262 Å². The molecule has 1 aromatic heterocycles. The Balaban J connectivity index is 1.75. The molecule has 0 spiro atoms. The summed E-state index contributed by atoms with van der Waals surface area (Å²) in [6.45, 7) is 11.4. The van der Waals surface area contributed by atoms with Crippen molar-refractivity contribution in [1.82, 2.24) is 20.9 Å². The van der Waals surface area contributed by atoms with Gasteiger partial charge >= 0.3 is 11.9 Å². The van der Waals surface area contributed by atoms with Gasteiger partial charge in [0, 0.05) is 59.1 Å². The number of thiol groups is 1. The summed E-state index contributed by atoms with van der Waals surface area (Å²) in [5.41, 5.74) is 7.96. The van der Waals surface area contributed by atoms with Gasteiger partial charge in [-0.1, -0.05) is 25.7 Å². The number of H-pyrrole nitrogens is 1. The van der Waals surface area contributed by atoms with Crippen LogP contribution >= 0.6 is 12.6 Å². The molecule has 6 N–H and O–H groups in total. The van der Waals surface area contributed by atoms with Crippen LogP contribution in [0.25, 0.3) is 12.2 Å². The number of nitrogens with one attached hydrogen (secondary N) is 4. The average Bonchev–Trinajstić information content (AvgIpc) is 3.60. The van der Waals surface area contributed by atoms with Gasteiger partial charge in [0.05, 0.1) is 6.04 Å². The molecular formula is C33H40N4O6S. The van der Waals surface area contributed by atoms with E-state index in [4.69, 9.17) is 0 Å². The number of carboxylic acid groups (broad SMARTS) is 2. The third-order valence-corrected chi connectivity index (χ3v) is 9.09. The highest BCUT2D eigenvalue weighted by atomic mass is 32.1. The van der Waals surface area contributed by atoms with Crippen molar-refractivity contribution in [2.24, 2.45) is 11.8 Å². The van der Waals surface area contributed by atoms with E-state index in [-0.39, 0.29) is 55.0 Å². The number of aromatic nitrogens is 1. The Kier molecular flexibility index (Phi) is 10.1. The molecule has 10 nitrogen and oxygen atoms in total. The summed E-state index contributed by atoms with van der Waals surface area (Å²) in [6, 6.07) is -0.345. The highest BCUT2D eigenvalue weighted by Gasteiger charge is 2.35. The molecule has 1 saturated heterocycles. The van der Waals surface area contributed by atoms with Crippen LogP contribution in [0.3, 0.4) is 0 Å². The minimum Gasteiger partial charge on any atom is -0.481 e. The van der Waals surface area contributed by atoms with Crippen LogP contribution in [0, 0.1) is 18.8 Å². The van der Waals surface area contributed by atoms with Crippen molar-refractivity contribution in [3.8, 4) is 0 Å². The van der Waals surface area contributed by atoms with Crippen LogP contribution in [-0.4, -0.2) is 51.0 Å². The molecule has 234 valence electrons. The van der Waals surface area contributed by atoms with Crippen molar-refractivity contribution >= 4 is 48.5 Å². The first-order valence-electron chi connectivity index (χ1n) is 14.7. The molecule has 3 aliphatic heterocycles. The normalized spacial score (nSPS) is 25.4. The molecule has 1 fully saturated rings. The van der Waals surface area contributed by atoms with Crippen molar-refractivity contribution < 1.29 is 29.4 Å². The zero-order chi connectivity index (χ0) is 32.3. The second-order valence-corrected chi connectivity index (χ2v) is 11.9. The molecule has 4 atom stereocenters. The predicted molar refractivity (Wildman–Crippen MR) is 172 cm³/mol. The number of hydrogen-bond acceptors (Lipinski definition) is 6. The number of carboxylic acids is 2. The van der Waals surface area contributed by atoms with Crippen molar-refractivity contribution in [1.29, 1.82) is 0 Å². The lowest BCUT2D eigenvalue weighted by atomic mass is 9.94. The van der Waals surface area contributed by atoms with E-state index in [2.05, 4.69) is 40.1 Å². The van der Waals surface area contributed by atoms with Crippen molar-refractivity contribution in [2.45, 2.75) is 71.9 Å². The third kappa shape index (κ3) is 6.77. The zero-order valence-electron chi connectivity index (χ0n) is 25.4. The molecule has 44 heavy (non-hydrogen) atoms. The molecule has 4 rings (SSSR count). The Morgan fingerprint density at radius 3 is 2.23 bits per heavy atom. The van der Waals surface area contributed by atoms with Gasteiger partial charge in [0.15, 0.2) is 0 Å². The van der Waals surface area contributed by atoms with E-state index in [1.54, 1.807) is 11.5 Å². The molecule has 4 heterocycles. The molecule has 2 amide bonds. The predicted octanol–water partition coefficient (Wildman–Crippen LogP) is 4.39. The van der Waals surface area contributed by atoms with Gasteiger partial charge in [-0.25, -0.2) is 0 Å². The fourth-order valence-corrected chi connectivity index (χ4v) is 6.42. The van der Waals surface area contributed by atoms with Gasteiger partial charge in [-0.05, 0) is 85.4 Å². The van der Waals surface area contributed by atoms with Crippen molar-refractivity contribution in [3.63, 3.8) is 0 Å². The van der Waals surface area contributed by atoms with E-state index in [9.17, 15) is 29.4 Å². The number of aromatic amines is 1. The molecule has 0 aromatic carbocycles. The van der Waals surface area contributed by atoms with Crippen LogP contribution in [-0.2, 0) is 25.6 Å². The van der Waals surface area contributed by atoms with E-state index in [1.807, 2.05) is 45.9 Å². The Hall–Kier alpha value is -4.25. The largest absolute Gasteiger partial charge is 0.481 e. The van der Waals surface area contributed by atoms with Gasteiger partial charge in [0.2, 0.25) is 5.91 Å². The summed E-state index contributed by atoms with van der Waals surface area (Å²) in [6.07, 6.45) is 8.25. The van der Waals surface area contributed by atoms with Crippen LogP contribution in [0.5, 0.6) is 0 Å². The first kappa shape index (κ1) is 32.7. The maximum atomic E-state index is 12.4. The molecule has 0 saturated carbocycles. The van der Waals surface area contributed by atoms with Crippen LogP contribution in [0.2, 0.25) is 0 Å². The van der Waals surface area contributed by atoms with E-state index in [0.29, 0.717) is 24.1 Å². The van der Waals surface area contributed by atoms with E-state index in [1.165, 1.54) is 0 Å². The number of carbonyl (C=O) groups excluding carboxylic acids is 2. The molecule has 0 bridgehead atoms. The molecule has 0 radical (unpaired) electrons. The minimum absolute atomic E-state index is 0.0526. The smallest absolute Gasteiger partial charge is 0.303 e. The molecule has 11 heteroatoms. The van der Waals surface area contributed by atoms with Gasteiger partial charge in [-0.15, -0.1) is 0 Å². The van der Waals surface area contributed by atoms with Gasteiger partial charge < -0.3 is 31.1 Å². The highest BCUT2D eigenvalue weighted by Crippen LogP contribution is 2.35. The average molecular weight is 621 g/mol. The monoisotopic (exact) mass is 620 g/mol. The quantitative estimate of drug-likeness (QED) is 0.171. The topological polar surface area (TPSA) is 161 Å². The van der Waals surface area contributed by atoms with E-state index < -0.39 is 11.9 Å². The number of aliphatic carboxylic acids is 2. The zero-order valence-corrected chi connectivity index (χ0v) is 26.3. The number of allylic oxidation sites excluding steroid dienone is 2. The Morgan fingerprint density at radius 1 is 0.955 bits per heavy atom. The lowest BCUT2D eigenvalue weighted by Crippen LogP contribution is -2.36. The minimum atomic E-state index is -0.919. The fourth-order valence-electron chi connectivity index (χ4n) is 6.24. The summed E-state index contributed by atoms with van der Waals surface area (Å²) in [5, 5.41) is 30.1. The number of carbonyl (C=O) groups is 4. The standard InChI is InChI=1S/C33H40N4O6S/c1-6-20-16(2)26(36-33(20)43)13-24-17(3)21(7-9-30(38)39)27(34-24)15-28-22(8-10-31(40)41)18(4)25(35-28)14-29-23(11-12-44)19(5)32(42)37-29/h6,11-12,14-15,19,23-24,26,34-35,44H,1,7-10,13H2,2-5H3,(H,36,43)(H,37,42)(H,38,39)(H,40,41)/b12-11-,27-15-,29-14-/t19-,23-,24?,26-/m1/s1. The van der Waals surface area contributed by atoms with Gasteiger partial charge in [-0.3, -0.25) is 19.2 Å². The van der Waals surface area contributed by atoms with Gasteiger partial charge in [0.25, 0.3) is 5.91 Å². The summed E-state index contributed by atoms with van der Waals surface area (Å²) in [5.74, 6) is -2.50. The lowest BCUT2D eigenvalue weighted by molar-refractivity contribution is -0.138. The van der Waals surface area contributed by atoms with Crippen LogP contribution < -0.4 is 16.0 Å². The molecule has 3 aliphatic rings. The first-order chi connectivity index (χ1) is 20.9. The highest BCUT2D eigenvalue weighted by molar-refractivity contribution is 7.83. The summed E-state index contributed by atoms with van der Waals surface area (Å²) in [4.78, 5) is 51.4. The molecule has 0 aliphatic carbocycles. The fraction of sp³-hybridized carbons (Fsp3) is 0.394. The Bertz CT molecular complexity index is 1560. The maximum Gasteiger partial charge on any atom is 0.303 e. The molecular weight excluding hydrogens is 580 g/mol. The molecule has 1 unspecified atom stereocenters. The van der Waals surface area contributed by atoms with Gasteiger partial charge in [-0.2, -0.15) is 12.6 Å². The van der Waals surface area contributed by atoms with Gasteiger partial charge in [0.1, 0.15) is 0 Å². The van der Waals surface area contributed by atoms with E-state index in [0.717, 1.165) is 44.9 Å². The Morgan fingerprint density at radius 2 is 1.61 bits per heavy atom. The number of amides is 2. The second-order valence-electron chi connectivity index (χ2n) is 11.6. The summed E-state index contributed by atoms with van der Waals surface area (Å²) in [7, 11) is 0. The van der Waals surface area contributed by atoms with Crippen LogP contribution in [0.15, 0.2) is 57.8 Å². The number of rotatable bonds is 12. The van der Waals surface area contributed by atoms with E-state index >= 15 is 0 Å². The lowest BCUT2D eigenvalue weighted by Gasteiger charge is -2.20. The third-order valence-electron chi connectivity index (χ3n) is 8.92. The SMILES string of the molecule is C=CC1=C(C)[C@@H](CC2N/C(=C\c3[nH]c(/C=C4\NC(=O)[C@H](C)[C@H]4/C=C\S)c(C)c3CCC(=O)O)C(CCC(=O)O)=C2C)NC1=O. The number of hydrogen-bond donors (Lipinski definition) is 7. The summed E-state index contributed by atoms with van der Waals surface area (Å²) < 4.78 is 0. The summed E-state index contributed by atoms with van der Waals surface area (Å²) >= 11 is 4.20. The van der Waals surface area contributed by atoms with Crippen molar-refractivity contribution in [2.75, 3.05) is 0 Å². The molecule has 1 aromatic rings.